The van der Waals surface area contributed by atoms with Crippen LogP contribution in [0.15, 0.2) is 54.6 Å². The Hall–Kier alpha value is -3.06. The van der Waals surface area contributed by atoms with E-state index in [1.807, 2.05) is 41.9 Å². The zero-order valence-corrected chi connectivity index (χ0v) is 16.3. The van der Waals surface area contributed by atoms with Crippen LogP contribution in [0.3, 0.4) is 0 Å². The van der Waals surface area contributed by atoms with Crippen molar-refractivity contribution >= 4 is 5.91 Å². The molecule has 1 saturated heterocycles. The monoisotopic (exact) mass is 393 g/mol. The zero-order chi connectivity index (χ0) is 20.2. The van der Waals surface area contributed by atoms with Crippen LogP contribution in [-0.2, 0) is 0 Å². The second-order valence-corrected chi connectivity index (χ2v) is 7.32. The van der Waals surface area contributed by atoms with Gasteiger partial charge in [-0.25, -0.2) is 9.07 Å². The maximum atomic E-state index is 13.4. The Kier molecular flexibility index (Phi) is 5.67. The van der Waals surface area contributed by atoms with E-state index < -0.39 is 6.04 Å². The third kappa shape index (κ3) is 4.19. The Morgan fingerprint density at radius 1 is 1.10 bits per heavy atom. The zero-order valence-electron chi connectivity index (χ0n) is 16.3. The molecule has 0 aliphatic carbocycles. The van der Waals surface area contributed by atoms with Crippen LogP contribution in [0.2, 0.25) is 0 Å². The molecule has 1 aromatic heterocycles. The molecular formula is C22H24FN5O. The smallest absolute Gasteiger partial charge is 0.274 e. The number of carbonyl (C=O) groups is 1. The van der Waals surface area contributed by atoms with Gasteiger partial charge in [0.05, 0.1) is 17.8 Å². The molecule has 1 fully saturated rings. The summed E-state index contributed by atoms with van der Waals surface area (Å²) in [5.74, 6) is -0.603. The maximum Gasteiger partial charge on any atom is 0.274 e. The van der Waals surface area contributed by atoms with Gasteiger partial charge in [-0.3, -0.25) is 4.79 Å². The number of hydrogen-bond donors (Lipinski definition) is 2. The van der Waals surface area contributed by atoms with E-state index in [0.29, 0.717) is 5.69 Å². The van der Waals surface area contributed by atoms with Crippen molar-refractivity contribution < 1.29 is 9.18 Å². The van der Waals surface area contributed by atoms with E-state index in [4.69, 9.17) is 0 Å². The van der Waals surface area contributed by atoms with Crippen LogP contribution >= 0.6 is 0 Å². The Labute approximate surface area is 169 Å². The standard InChI is InChI=1S/C22H24FN5O/c1-15-20(26-27-28(15)19-11-13-24-14-12-19)22(29)25-21(16-5-3-2-4-6-16)17-7-9-18(23)10-8-17/h2-10,19,21,24H,11-14H2,1H3,(H,25,29). The Morgan fingerprint density at radius 2 is 1.76 bits per heavy atom. The molecule has 2 heterocycles. The molecule has 0 saturated carbocycles. The number of nitrogens with zero attached hydrogens (tertiary/aromatic N) is 3. The molecule has 0 spiro atoms. The number of halogens is 1. The normalized spacial score (nSPS) is 15.8. The van der Waals surface area contributed by atoms with Crippen LogP contribution in [0.5, 0.6) is 0 Å². The van der Waals surface area contributed by atoms with Gasteiger partial charge < -0.3 is 10.6 Å². The molecule has 0 bridgehead atoms. The van der Waals surface area contributed by atoms with Crippen molar-refractivity contribution in [3.63, 3.8) is 0 Å². The van der Waals surface area contributed by atoms with Crippen LogP contribution in [0.4, 0.5) is 4.39 Å². The van der Waals surface area contributed by atoms with Gasteiger partial charge in [0.1, 0.15) is 5.82 Å². The lowest BCUT2D eigenvalue weighted by atomic mass is 9.98. The first-order chi connectivity index (χ1) is 14.1. The van der Waals surface area contributed by atoms with Crippen molar-refractivity contribution in [1.82, 2.24) is 25.6 Å². The lowest BCUT2D eigenvalue weighted by Gasteiger charge is -2.23. The SMILES string of the molecule is Cc1c(C(=O)NC(c2ccccc2)c2ccc(F)cc2)nnn1C1CCNCC1. The van der Waals surface area contributed by atoms with Gasteiger partial charge in [-0.15, -0.1) is 5.10 Å². The van der Waals surface area contributed by atoms with Crippen molar-refractivity contribution in [3.8, 4) is 0 Å². The molecule has 1 amide bonds. The molecule has 4 rings (SSSR count). The van der Waals surface area contributed by atoms with Crippen molar-refractivity contribution in [2.75, 3.05) is 13.1 Å². The van der Waals surface area contributed by atoms with Crippen molar-refractivity contribution in [3.05, 3.63) is 82.9 Å². The van der Waals surface area contributed by atoms with Crippen molar-refractivity contribution in [1.29, 1.82) is 0 Å². The lowest BCUT2D eigenvalue weighted by molar-refractivity contribution is 0.0937. The van der Waals surface area contributed by atoms with Crippen molar-refractivity contribution in [2.24, 2.45) is 0 Å². The van der Waals surface area contributed by atoms with E-state index in [1.54, 1.807) is 12.1 Å². The summed E-state index contributed by atoms with van der Waals surface area (Å²) in [5, 5.41) is 14.8. The predicted octanol–water partition coefficient (Wildman–Crippen LogP) is 3.17. The van der Waals surface area contributed by atoms with Gasteiger partial charge >= 0.3 is 0 Å². The van der Waals surface area contributed by atoms with Crippen molar-refractivity contribution in [2.45, 2.75) is 31.8 Å². The largest absolute Gasteiger partial charge is 0.340 e. The molecule has 1 aliphatic heterocycles. The number of rotatable bonds is 5. The van der Waals surface area contributed by atoms with Gasteiger partial charge in [0.15, 0.2) is 5.69 Å². The quantitative estimate of drug-likeness (QED) is 0.699. The molecule has 1 aliphatic rings. The summed E-state index contributed by atoms with van der Waals surface area (Å²) in [6, 6.07) is 15.6. The molecular weight excluding hydrogens is 369 g/mol. The number of hydrogen-bond acceptors (Lipinski definition) is 4. The highest BCUT2D eigenvalue weighted by Gasteiger charge is 2.25. The summed E-state index contributed by atoms with van der Waals surface area (Å²) >= 11 is 0. The number of benzene rings is 2. The van der Waals surface area contributed by atoms with Gasteiger partial charge in [-0.2, -0.15) is 0 Å². The minimum atomic E-state index is -0.410. The number of carbonyl (C=O) groups excluding carboxylic acids is 1. The molecule has 2 N–H and O–H groups in total. The first kappa shape index (κ1) is 19.3. The fraction of sp³-hybridized carbons (Fsp3) is 0.318. The first-order valence-electron chi connectivity index (χ1n) is 9.87. The van der Waals surface area contributed by atoms with E-state index >= 15 is 0 Å². The summed E-state index contributed by atoms with van der Waals surface area (Å²) in [5.41, 5.74) is 2.80. The van der Waals surface area contributed by atoms with E-state index in [9.17, 15) is 9.18 Å². The average molecular weight is 393 g/mol. The van der Waals surface area contributed by atoms with Crippen LogP contribution in [-0.4, -0.2) is 34.0 Å². The summed E-state index contributed by atoms with van der Waals surface area (Å²) < 4.78 is 15.3. The molecule has 6 nitrogen and oxygen atoms in total. The Morgan fingerprint density at radius 3 is 2.45 bits per heavy atom. The van der Waals surface area contributed by atoms with Gasteiger partial charge in [0.25, 0.3) is 5.91 Å². The molecule has 150 valence electrons. The molecule has 3 aromatic rings. The van der Waals surface area contributed by atoms with Crippen LogP contribution in [0, 0.1) is 12.7 Å². The summed E-state index contributed by atoms with van der Waals surface area (Å²) in [6.45, 7) is 3.75. The third-order valence-electron chi connectivity index (χ3n) is 5.41. The molecule has 2 aromatic carbocycles. The summed E-state index contributed by atoms with van der Waals surface area (Å²) in [7, 11) is 0. The number of nitrogens with one attached hydrogen (secondary N) is 2. The van der Waals surface area contributed by atoms with Gasteiger partial charge in [-0.05, 0) is 56.1 Å². The highest BCUT2D eigenvalue weighted by molar-refractivity contribution is 5.93. The molecule has 1 atom stereocenters. The van der Waals surface area contributed by atoms with E-state index in [1.165, 1.54) is 12.1 Å². The lowest BCUT2D eigenvalue weighted by Crippen LogP contribution is -2.31. The van der Waals surface area contributed by atoms with E-state index in [0.717, 1.165) is 42.8 Å². The first-order valence-corrected chi connectivity index (χ1v) is 9.87. The fourth-order valence-electron chi connectivity index (χ4n) is 3.81. The predicted molar refractivity (Wildman–Crippen MR) is 108 cm³/mol. The summed E-state index contributed by atoms with van der Waals surface area (Å²) in [6.07, 6.45) is 1.93. The third-order valence-corrected chi connectivity index (χ3v) is 5.41. The second-order valence-electron chi connectivity index (χ2n) is 7.32. The molecule has 7 heteroatoms. The van der Waals surface area contributed by atoms with Crippen LogP contribution in [0.1, 0.15) is 52.2 Å². The van der Waals surface area contributed by atoms with Gasteiger partial charge in [0.2, 0.25) is 0 Å². The Balaban J connectivity index is 1.60. The maximum absolute atomic E-state index is 13.4. The van der Waals surface area contributed by atoms with E-state index in [-0.39, 0.29) is 17.8 Å². The highest BCUT2D eigenvalue weighted by atomic mass is 19.1. The van der Waals surface area contributed by atoms with Crippen LogP contribution < -0.4 is 10.6 Å². The molecule has 0 radical (unpaired) electrons. The highest BCUT2D eigenvalue weighted by Crippen LogP contribution is 2.24. The fourth-order valence-corrected chi connectivity index (χ4v) is 3.81. The topological polar surface area (TPSA) is 71.8 Å². The van der Waals surface area contributed by atoms with E-state index in [2.05, 4.69) is 20.9 Å². The average Bonchev–Trinajstić information content (AvgIpc) is 3.15. The Bertz CT molecular complexity index is 965. The number of amides is 1. The number of aromatic nitrogens is 3. The second kappa shape index (κ2) is 8.53. The number of piperidine rings is 1. The molecule has 1 unspecified atom stereocenters. The van der Waals surface area contributed by atoms with Gasteiger partial charge in [0, 0.05) is 0 Å². The minimum absolute atomic E-state index is 0.257. The summed E-state index contributed by atoms with van der Waals surface area (Å²) in [4.78, 5) is 13.1. The van der Waals surface area contributed by atoms with Crippen LogP contribution in [0.25, 0.3) is 0 Å². The minimum Gasteiger partial charge on any atom is -0.340 e. The molecule has 29 heavy (non-hydrogen) atoms. The van der Waals surface area contributed by atoms with Gasteiger partial charge in [-0.1, -0.05) is 47.7 Å².